The van der Waals surface area contributed by atoms with E-state index in [1.54, 1.807) is 43.3 Å². The summed E-state index contributed by atoms with van der Waals surface area (Å²) in [4.78, 5) is 32.1. The third kappa shape index (κ3) is 5.19. The van der Waals surface area contributed by atoms with Gasteiger partial charge in [-0.25, -0.2) is 12.7 Å². The van der Waals surface area contributed by atoms with Gasteiger partial charge in [-0.1, -0.05) is 24.1 Å². The number of ether oxygens (including phenoxy) is 3. The number of anilines is 1. The zero-order valence-corrected chi connectivity index (χ0v) is 27.3. The number of halogens is 1. The number of rotatable bonds is 9. The summed E-state index contributed by atoms with van der Waals surface area (Å²) in [5.74, 6) is -0.461. The monoisotopic (exact) mass is 657 g/mol. The van der Waals surface area contributed by atoms with Gasteiger partial charge in [-0.3, -0.25) is 14.5 Å². The first-order chi connectivity index (χ1) is 21.5. The average molecular weight is 658 g/mol. The lowest BCUT2D eigenvalue weighted by Crippen LogP contribution is -2.62. The van der Waals surface area contributed by atoms with E-state index in [9.17, 15) is 18.3 Å². The molecule has 240 valence electrons. The van der Waals surface area contributed by atoms with Crippen molar-refractivity contribution < 1.29 is 37.3 Å². The van der Waals surface area contributed by atoms with Crippen LogP contribution in [0, 0.1) is 0 Å². The molecule has 1 fully saturated rings. The normalized spacial score (nSPS) is 20.1. The fraction of sp³-hybridized carbons (Fsp3) is 0.375. The Bertz CT molecular complexity index is 1750. The van der Waals surface area contributed by atoms with Gasteiger partial charge in [0, 0.05) is 42.9 Å². The van der Waals surface area contributed by atoms with Gasteiger partial charge in [0.1, 0.15) is 22.1 Å². The molecule has 13 heteroatoms. The van der Waals surface area contributed by atoms with Crippen LogP contribution < -0.4 is 18.5 Å². The van der Waals surface area contributed by atoms with E-state index in [0.29, 0.717) is 24.2 Å². The van der Waals surface area contributed by atoms with Gasteiger partial charge >= 0.3 is 0 Å². The number of fused-ring (bicyclic) bond motifs is 1. The van der Waals surface area contributed by atoms with E-state index in [4.69, 9.17) is 25.8 Å². The molecule has 0 aliphatic carbocycles. The van der Waals surface area contributed by atoms with E-state index < -0.39 is 27.5 Å². The molecule has 2 amide bonds. The van der Waals surface area contributed by atoms with E-state index in [1.165, 1.54) is 56.6 Å². The summed E-state index contributed by atoms with van der Waals surface area (Å²) in [6.07, 6.45) is 1.80. The van der Waals surface area contributed by atoms with Crippen LogP contribution in [0.5, 0.6) is 17.2 Å². The second-order valence-electron chi connectivity index (χ2n) is 11.1. The maximum absolute atomic E-state index is 15.4. The van der Waals surface area contributed by atoms with Crippen molar-refractivity contribution in [1.82, 2.24) is 9.80 Å². The molecule has 2 aliphatic heterocycles. The Balaban J connectivity index is 1.89. The third-order valence-corrected chi connectivity index (χ3v) is 10.4. The molecule has 5 rings (SSSR count). The molecule has 1 N–H and O–H groups in total. The van der Waals surface area contributed by atoms with Crippen LogP contribution in [-0.4, -0.2) is 83.1 Å². The molecule has 0 radical (unpaired) electrons. The molecule has 2 heterocycles. The number of likely N-dealkylation sites (N-methyl/N-ethyl adjacent to an activating group) is 1. The zero-order chi connectivity index (χ0) is 32.7. The lowest BCUT2D eigenvalue weighted by atomic mass is 9.78. The van der Waals surface area contributed by atoms with Gasteiger partial charge in [-0.05, 0) is 60.9 Å². The Hall–Kier alpha value is -3.84. The lowest BCUT2D eigenvalue weighted by Gasteiger charge is -2.47. The minimum Gasteiger partial charge on any atom is -0.497 e. The van der Waals surface area contributed by atoms with Crippen molar-refractivity contribution in [3.05, 3.63) is 76.3 Å². The van der Waals surface area contributed by atoms with Crippen molar-refractivity contribution in [2.24, 2.45) is 0 Å². The van der Waals surface area contributed by atoms with Crippen molar-refractivity contribution in [2.75, 3.05) is 46.3 Å². The maximum Gasteiger partial charge on any atom is 0.274 e. The molecular weight excluding hydrogens is 622 g/mol. The van der Waals surface area contributed by atoms with E-state index >= 15 is 4.79 Å². The molecule has 45 heavy (non-hydrogen) atoms. The molecule has 2 atom stereocenters. The van der Waals surface area contributed by atoms with Crippen molar-refractivity contribution in [1.29, 1.82) is 0 Å². The Labute approximate surface area is 267 Å². The predicted molar refractivity (Wildman–Crippen MR) is 168 cm³/mol. The summed E-state index contributed by atoms with van der Waals surface area (Å²) in [5.41, 5.74) is -0.807. The highest BCUT2D eigenvalue weighted by atomic mass is 35.5. The van der Waals surface area contributed by atoms with Gasteiger partial charge in [0.25, 0.3) is 15.9 Å². The van der Waals surface area contributed by atoms with Gasteiger partial charge < -0.3 is 24.2 Å². The maximum atomic E-state index is 15.4. The van der Waals surface area contributed by atoms with Gasteiger partial charge in [-0.15, -0.1) is 0 Å². The number of aliphatic hydroxyl groups excluding tert-OH is 1. The SMILES string of the molecule is COc1ccc(S(=O)(=O)N2C(=O)C(c3cc(CO)ccc3OC)(N3CCCC[C@H]3C(=O)N(C)C)c3cc(Cl)ccc32)c(OC)c1. The molecule has 0 spiro atoms. The largest absolute Gasteiger partial charge is 0.497 e. The summed E-state index contributed by atoms with van der Waals surface area (Å²) in [6, 6.07) is 12.9. The highest BCUT2D eigenvalue weighted by molar-refractivity contribution is 7.93. The summed E-state index contributed by atoms with van der Waals surface area (Å²) >= 11 is 6.59. The van der Waals surface area contributed by atoms with Gasteiger partial charge in [0.2, 0.25) is 5.91 Å². The standard InChI is InChI=1S/C32H36ClN3O8S/c1-34(2)30(38)26-8-6-7-15-35(26)32(24-16-20(19-37)9-13-27(24)43-4)23-17-21(33)10-12-25(23)36(31(32)39)45(40,41)29-14-11-22(42-3)18-28(29)44-5/h9-14,16-18,26,37H,6-8,15,19H2,1-5H3/t26-,32?/m0/s1. The van der Waals surface area contributed by atoms with Crippen LogP contribution in [0.2, 0.25) is 5.02 Å². The highest BCUT2D eigenvalue weighted by Crippen LogP contribution is 2.55. The van der Waals surface area contributed by atoms with Crippen molar-refractivity contribution in [2.45, 2.75) is 42.3 Å². The molecule has 0 aromatic heterocycles. The first-order valence-corrected chi connectivity index (χ1v) is 16.2. The quantitative estimate of drug-likeness (QED) is 0.366. The van der Waals surface area contributed by atoms with Crippen molar-refractivity contribution in [3.8, 4) is 17.2 Å². The summed E-state index contributed by atoms with van der Waals surface area (Å²) in [5, 5.41) is 10.4. The van der Waals surface area contributed by atoms with E-state index in [1.807, 2.05) is 0 Å². The molecule has 2 aliphatic rings. The first-order valence-electron chi connectivity index (χ1n) is 14.3. The fourth-order valence-electron chi connectivity index (χ4n) is 6.39. The molecule has 3 aromatic carbocycles. The summed E-state index contributed by atoms with van der Waals surface area (Å²) in [6.45, 7) is -0.0665. The number of benzene rings is 3. The number of sulfonamides is 1. The van der Waals surface area contributed by atoms with Crippen LogP contribution in [0.4, 0.5) is 5.69 Å². The van der Waals surface area contributed by atoms with Crippen molar-refractivity contribution >= 4 is 39.1 Å². The number of hydrogen-bond donors (Lipinski definition) is 1. The Kier molecular flexibility index (Phi) is 9.05. The number of nitrogens with zero attached hydrogens (tertiary/aromatic N) is 3. The van der Waals surface area contributed by atoms with Crippen LogP contribution in [0.1, 0.15) is 36.0 Å². The minimum absolute atomic E-state index is 0.0198. The molecule has 0 saturated carbocycles. The smallest absolute Gasteiger partial charge is 0.274 e. The topological polar surface area (TPSA) is 126 Å². The third-order valence-electron chi connectivity index (χ3n) is 8.45. The number of amides is 2. The van der Waals surface area contributed by atoms with E-state index in [-0.39, 0.29) is 57.3 Å². The second-order valence-corrected chi connectivity index (χ2v) is 13.3. The number of methoxy groups -OCH3 is 3. The van der Waals surface area contributed by atoms with Gasteiger partial charge in [0.15, 0.2) is 5.54 Å². The average Bonchev–Trinajstić information content (AvgIpc) is 3.31. The molecule has 3 aromatic rings. The zero-order valence-electron chi connectivity index (χ0n) is 25.7. The predicted octanol–water partition coefficient (Wildman–Crippen LogP) is 3.78. The fourth-order valence-corrected chi connectivity index (χ4v) is 8.16. The number of carbonyl (C=O) groups excluding carboxylic acids is 2. The van der Waals surface area contributed by atoms with Crippen LogP contribution in [0.3, 0.4) is 0 Å². The van der Waals surface area contributed by atoms with Crippen LogP contribution in [0.15, 0.2) is 59.5 Å². The molecule has 1 saturated heterocycles. The van der Waals surface area contributed by atoms with Crippen LogP contribution in [-0.2, 0) is 31.8 Å². The van der Waals surface area contributed by atoms with E-state index in [0.717, 1.165) is 10.7 Å². The van der Waals surface area contributed by atoms with E-state index in [2.05, 4.69) is 0 Å². The van der Waals surface area contributed by atoms with Gasteiger partial charge in [-0.2, -0.15) is 0 Å². The molecule has 1 unspecified atom stereocenters. The molecular formula is C32H36ClN3O8S. The van der Waals surface area contributed by atoms with Crippen LogP contribution >= 0.6 is 11.6 Å². The first kappa shape index (κ1) is 32.6. The minimum atomic E-state index is -4.64. The Morgan fingerprint density at radius 1 is 0.978 bits per heavy atom. The lowest BCUT2D eigenvalue weighted by molar-refractivity contribution is -0.142. The number of aliphatic hydroxyl groups is 1. The molecule has 0 bridgehead atoms. The number of piperidine rings is 1. The second kappa shape index (κ2) is 12.5. The summed E-state index contributed by atoms with van der Waals surface area (Å²) in [7, 11) is 2.86. The van der Waals surface area contributed by atoms with Gasteiger partial charge in [0.05, 0.1) is 39.7 Å². The summed E-state index contributed by atoms with van der Waals surface area (Å²) < 4.78 is 46.6. The van der Waals surface area contributed by atoms with Crippen molar-refractivity contribution in [3.63, 3.8) is 0 Å². The highest BCUT2D eigenvalue weighted by Gasteiger charge is 2.62. The van der Waals surface area contributed by atoms with Crippen LogP contribution in [0.25, 0.3) is 0 Å². The number of hydrogen-bond acceptors (Lipinski definition) is 9. The number of likely N-dealkylation sites (tertiary alicyclic amines) is 1. The Morgan fingerprint density at radius 3 is 2.36 bits per heavy atom. The number of carbonyl (C=O) groups is 2. The Morgan fingerprint density at radius 2 is 1.71 bits per heavy atom. The molecule has 11 nitrogen and oxygen atoms in total.